The first-order valence-corrected chi connectivity index (χ1v) is 22.7. The average molecular weight is 894 g/mol. The van der Waals surface area contributed by atoms with Gasteiger partial charge in [-0.05, 0) is 92.8 Å². The number of nitrogens with zero attached hydrogens (tertiary/aromatic N) is 2. The molecule has 1 aromatic rings. The predicted molar refractivity (Wildman–Crippen MR) is 236 cm³/mol. The number of hydrogen-bond donors (Lipinski definition) is 5. The first-order chi connectivity index (χ1) is 29.4. The van der Waals surface area contributed by atoms with Gasteiger partial charge >= 0.3 is 5.97 Å². The van der Waals surface area contributed by atoms with Gasteiger partial charge in [-0.1, -0.05) is 58.0 Å². The Labute approximate surface area is 375 Å². The maximum absolute atomic E-state index is 14.5. The number of amides is 1. The van der Waals surface area contributed by atoms with Crippen molar-refractivity contribution < 1.29 is 63.2 Å². The second-order valence-corrected chi connectivity index (χ2v) is 19.3. The summed E-state index contributed by atoms with van der Waals surface area (Å²) < 4.78 is 44.8. The number of nitrogens with one attached hydrogen (secondary N) is 1. The van der Waals surface area contributed by atoms with Crippen LogP contribution in [0.25, 0.3) is 0 Å². The van der Waals surface area contributed by atoms with Crippen molar-refractivity contribution in [3.8, 4) is 0 Å². The molecular formula is C47H79N3O13. The van der Waals surface area contributed by atoms with Gasteiger partial charge in [0.2, 0.25) is 5.91 Å². The summed E-state index contributed by atoms with van der Waals surface area (Å²) in [6.07, 6.45) is -8.18. The average Bonchev–Trinajstić information content (AvgIpc) is 3.24. The topological polar surface area (TPSA) is 207 Å². The molecule has 0 aromatic heterocycles. The van der Waals surface area contributed by atoms with Crippen LogP contribution in [0.1, 0.15) is 107 Å². The summed E-state index contributed by atoms with van der Waals surface area (Å²) in [4.78, 5) is 29.8. The number of cyclic esters (lactones) is 1. The molecule has 16 nitrogen and oxygen atoms in total. The van der Waals surface area contributed by atoms with E-state index in [-0.39, 0.29) is 43.7 Å². The van der Waals surface area contributed by atoms with E-state index in [9.17, 15) is 30.0 Å². The van der Waals surface area contributed by atoms with Crippen molar-refractivity contribution in [3.63, 3.8) is 0 Å². The zero-order chi connectivity index (χ0) is 47.2. The van der Waals surface area contributed by atoms with Gasteiger partial charge in [0.05, 0.1) is 47.6 Å². The van der Waals surface area contributed by atoms with Crippen molar-refractivity contribution in [1.82, 2.24) is 10.3 Å². The molecule has 3 aliphatic heterocycles. The molecule has 3 aliphatic rings. The molecule has 3 saturated heterocycles. The summed E-state index contributed by atoms with van der Waals surface area (Å²) in [5.41, 5.74) is -0.222. The number of aliphatic hydroxyl groups excluding tert-OH is 3. The Morgan fingerprint density at radius 2 is 1.54 bits per heavy atom. The van der Waals surface area contributed by atoms with Gasteiger partial charge in [-0.2, -0.15) is 5.10 Å². The summed E-state index contributed by atoms with van der Waals surface area (Å²) in [7, 11) is 6.83. The van der Waals surface area contributed by atoms with Crippen LogP contribution in [0.2, 0.25) is 0 Å². The molecule has 1 aromatic carbocycles. The highest BCUT2D eigenvalue weighted by atomic mass is 16.7. The van der Waals surface area contributed by atoms with E-state index in [0.29, 0.717) is 18.6 Å². The normalized spacial score (nSPS) is 43.0. The standard InChI is InChI=1S/C47H79N3O13/c1-15-34-47(10,56)40(53)28(4)37(49-48-35(51)22-21-32-19-17-16-18-20-32)26(2)24-46(9,58-14)42(63-44-38(52)33(50(11)12)23-27(3)59-44)29(5)39(30(6)43(55)61-34)62-36-25-45(8,57-13)41(54)31(7)60-36/h16-20,26-31,33-34,36,38-42,44,52-54,56H,15,21-25H2,1-14H3,(H,48,51). The molecule has 5 N–H and O–H groups in total. The number of carbonyl (C=O) groups excluding carboxylic acids is 2. The van der Waals surface area contributed by atoms with Crippen LogP contribution in [0.5, 0.6) is 0 Å². The lowest BCUT2D eigenvalue weighted by Crippen LogP contribution is -2.61. The molecule has 0 bridgehead atoms. The second kappa shape index (κ2) is 22.3. The number of hydrogen-bond acceptors (Lipinski definition) is 15. The van der Waals surface area contributed by atoms with E-state index in [2.05, 4.69) is 10.5 Å². The number of aryl methyl sites for hydroxylation is 1. The molecule has 18 unspecified atom stereocenters. The number of rotatable bonds is 12. The Morgan fingerprint density at radius 1 is 0.905 bits per heavy atom. The largest absolute Gasteiger partial charge is 0.459 e. The second-order valence-electron chi connectivity index (χ2n) is 19.3. The molecule has 3 fully saturated rings. The number of likely N-dealkylation sites (N-methyl/N-ethyl adjacent to an activating group) is 1. The lowest BCUT2D eigenvalue weighted by Gasteiger charge is -2.50. The number of carbonyl (C=O) groups is 2. The maximum atomic E-state index is 14.5. The Kier molecular flexibility index (Phi) is 18.7. The minimum Gasteiger partial charge on any atom is -0.459 e. The van der Waals surface area contributed by atoms with Crippen LogP contribution in [0.4, 0.5) is 0 Å². The van der Waals surface area contributed by atoms with Crippen LogP contribution in [0, 0.1) is 23.7 Å². The summed E-state index contributed by atoms with van der Waals surface area (Å²) in [6.45, 7) is 17.6. The van der Waals surface area contributed by atoms with E-state index < -0.39 is 102 Å². The van der Waals surface area contributed by atoms with Gasteiger partial charge in [-0.15, -0.1) is 0 Å². The van der Waals surface area contributed by atoms with Crippen molar-refractivity contribution in [2.45, 2.75) is 192 Å². The number of benzene rings is 1. The van der Waals surface area contributed by atoms with Gasteiger partial charge in [0.25, 0.3) is 0 Å². The van der Waals surface area contributed by atoms with Crippen LogP contribution in [0.15, 0.2) is 35.4 Å². The predicted octanol–water partition coefficient (Wildman–Crippen LogP) is 3.98. The van der Waals surface area contributed by atoms with E-state index in [1.54, 1.807) is 41.7 Å². The number of hydrazone groups is 1. The smallest absolute Gasteiger partial charge is 0.311 e. The zero-order valence-electron chi connectivity index (χ0n) is 40.1. The monoisotopic (exact) mass is 894 g/mol. The van der Waals surface area contributed by atoms with Gasteiger partial charge < -0.3 is 58.5 Å². The van der Waals surface area contributed by atoms with Crippen LogP contribution in [-0.2, 0) is 49.2 Å². The Morgan fingerprint density at radius 3 is 2.13 bits per heavy atom. The summed E-state index contributed by atoms with van der Waals surface area (Å²) in [5.74, 6) is -4.22. The molecule has 4 rings (SSSR count). The molecule has 0 spiro atoms. The Balaban J connectivity index is 1.87. The highest BCUT2D eigenvalue weighted by Crippen LogP contribution is 2.42. The van der Waals surface area contributed by atoms with Crippen LogP contribution < -0.4 is 5.43 Å². The molecule has 3 heterocycles. The molecular weight excluding hydrogens is 815 g/mol. The third-order valence-electron chi connectivity index (χ3n) is 14.1. The highest BCUT2D eigenvalue weighted by Gasteiger charge is 2.54. The summed E-state index contributed by atoms with van der Waals surface area (Å²) in [6, 6.07) is 9.32. The maximum Gasteiger partial charge on any atom is 0.311 e. The van der Waals surface area contributed by atoms with E-state index in [4.69, 9.17) is 33.2 Å². The number of ether oxygens (including phenoxy) is 7. The minimum atomic E-state index is -1.98. The third kappa shape index (κ3) is 12.4. The van der Waals surface area contributed by atoms with Crippen LogP contribution >= 0.6 is 0 Å². The van der Waals surface area contributed by atoms with E-state index in [1.165, 1.54) is 14.0 Å². The lowest BCUT2D eigenvalue weighted by molar-refractivity contribution is -0.319. The number of aliphatic hydroxyl groups is 4. The fourth-order valence-corrected chi connectivity index (χ4v) is 9.89. The van der Waals surface area contributed by atoms with Crippen molar-refractivity contribution >= 4 is 17.6 Å². The molecule has 0 radical (unpaired) electrons. The van der Waals surface area contributed by atoms with Crippen molar-refractivity contribution in [2.24, 2.45) is 28.8 Å². The fourth-order valence-electron chi connectivity index (χ4n) is 9.89. The van der Waals surface area contributed by atoms with E-state index >= 15 is 0 Å². The molecule has 63 heavy (non-hydrogen) atoms. The molecule has 0 saturated carbocycles. The first kappa shape index (κ1) is 53.0. The SMILES string of the molecule is CCC1OC(=O)C(C)C(OC2CC(C)(OC)C(O)C(C)O2)C(C)C(OC2OC(C)CC(N(C)C)C2O)C(C)(OC)CC(C)C(=NNC(=O)CCc2ccccc2)C(C)C(O)C1(C)O. The highest BCUT2D eigenvalue weighted by molar-refractivity contribution is 5.90. The van der Waals surface area contributed by atoms with Gasteiger partial charge in [0.1, 0.15) is 23.9 Å². The van der Waals surface area contributed by atoms with Crippen LogP contribution in [0.3, 0.4) is 0 Å². The number of methoxy groups -OCH3 is 2. The van der Waals surface area contributed by atoms with Gasteiger partial charge in [-0.25, -0.2) is 5.43 Å². The quantitative estimate of drug-likeness (QED) is 0.149. The zero-order valence-corrected chi connectivity index (χ0v) is 40.1. The van der Waals surface area contributed by atoms with Gasteiger partial charge in [-0.3, -0.25) is 9.59 Å². The van der Waals surface area contributed by atoms with Gasteiger partial charge in [0.15, 0.2) is 12.6 Å². The van der Waals surface area contributed by atoms with E-state index in [0.717, 1.165) is 5.56 Å². The van der Waals surface area contributed by atoms with Gasteiger partial charge in [0, 0.05) is 50.7 Å². The molecule has 360 valence electrons. The van der Waals surface area contributed by atoms with E-state index in [1.807, 2.05) is 77.0 Å². The first-order valence-electron chi connectivity index (χ1n) is 22.7. The van der Waals surface area contributed by atoms with Crippen LogP contribution in [-0.4, -0.2) is 155 Å². The lowest BCUT2D eigenvalue weighted by atomic mass is 9.73. The molecule has 0 aliphatic carbocycles. The Hall–Kier alpha value is -2.61. The van der Waals surface area contributed by atoms with Crippen molar-refractivity contribution in [1.29, 1.82) is 0 Å². The van der Waals surface area contributed by atoms with Crippen molar-refractivity contribution in [2.75, 3.05) is 28.3 Å². The minimum absolute atomic E-state index is 0.115. The molecule has 1 amide bonds. The summed E-state index contributed by atoms with van der Waals surface area (Å²) >= 11 is 0. The number of esters is 1. The summed E-state index contributed by atoms with van der Waals surface area (Å²) in [5, 5.41) is 51.7. The fraction of sp³-hybridized carbons (Fsp3) is 0.809. The molecule has 18 atom stereocenters. The molecule has 16 heteroatoms. The Bertz CT molecular complexity index is 1650. The third-order valence-corrected chi connectivity index (χ3v) is 14.1. The van der Waals surface area contributed by atoms with Crippen molar-refractivity contribution in [3.05, 3.63) is 35.9 Å².